The predicted molar refractivity (Wildman–Crippen MR) is 87.5 cm³/mol. The van der Waals surface area contributed by atoms with Crippen LogP contribution in [0.2, 0.25) is 0 Å². The number of nitrogens with two attached hydrogens (primary N) is 1. The molecule has 0 radical (unpaired) electrons. The Morgan fingerprint density at radius 2 is 1.80 bits per heavy atom. The Bertz CT molecular complexity index is 564. The van der Waals surface area contributed by atoms with Crippen LogP contribution in [-0.2, 0) is 6.42 Å². The van der Waals surface area contributed by atoms with Gasteiger partial charge in [-0.1, -0.05) is 41.9 Å². The second-order valence-electron chi connectivity index (χ2n) is 5.12. The van der Waals surface area contributed by atoms with Crippen LogP contribution < -0.4 is 10.5 Å². The van der Waals surface area contributed by atoms with Gasteiger partial charge in [-0.2, -0.15) is 0 Å². The topological polar surface area (TPSA) is 35.2 Å². The van der Waals surface area contributed by atoms with Crippen LogP contribution in [0.15, 0.2) is 46.9 Å². The average molecular weight is 334 g/mol. The van der Waals surface area contributed by atoms with Gasteiger partial charge in [0.2, 0.25) is 0 Å². The lowest BCUT2D eigenvalue weighted by Gasteiger charge is -2.12. The first-order valence-electron chi connectivity index (χ1n) is 6.86. The van der Waals surface area contributed by atoms with Crippen molar-refractivity contribution < 1.29 is 4.74 Å². The molecule has 2 N–H and O–H groups in total. The number of hydrogen-bond acceptors (Lipinski definition) is 2. The van der Waals surface area contributed by atoms with Gasteiger partial charge in [-0.05, 0) is 60.3 Å². The van der Waals surface area contributed by atoms with E-state index in [1.807, 2.05) is 24.3 Å². The number of rotatable bonds is 5. The fourth-order valence-corrected chi connectivity index (χ4v) is 2.45. The Balaban J connectivity index is 2.20. The summed E-state index contributed by atoms with van der Waals surface area (Å²) in [5.41, 5.74) is 8.09. The highest BCUT2D eigenvalue weighted by atomic mass is 79.9. The van der Waals surface area contributed by atoms with Gasteiger partial charge in [0.1, 0.15) is 11.5 Å². The normalized spacial score (nSPS) is 10.8. The molecule has 0 unspecified atom stereocenters. The zero-order valence-electron chi connectivity index (χ0n) is 11.9. The average Bonchev–Trinajstić information content (AvgIpc) is 2.43. The molecule has 0 saturated heterocycles. The first kappa shape index (κ1) is 15.1. The molecule has 0 bridgehead atoms. The standard InChI is InChI=1S/C17H20BrNO/c1-12(2)13-3-6-16(7-4-13)20-17-8-5-15(18)11-14(17)9-10-19/h3-8,11-12H,9-10,19H2,1-2H3. The van der Waals surface area contributed by atoms with Crippen molar-refractivity contribution in [3.8, 4) is 11.5 Å². The number of halogens is 1. The van der Waals surface area contributed by atoms with Crippen LogP contribution in [0.5, 0.6) is 11.5 Å². The zero-order valence-corrected chi connectivity index (χ0v) is 13.5. The quantitative estimate of drug-likeness (QED) is 0.847. The summed E-state index contributed by atoms with van der Waals surface area (Å²) in [5.74, 6) is 2.26. The summed E-state index contributed by atoms with van der Waals surface area (Å²) in [6.07, 6.45) is 0.804. The van der Waals surface area contributed by atoms with E-state index in [-0.39, 0.29) is 0 Å². The molecule has 0 aliphatic rings. The van der Waals surface area contributed by atoms with Gasteiger partial charge >= 0.3 is 0 Å². The van der Waals surface area contributed by atoms with Crippen molar-refractivity contribution in [1.29, 1.82) is 0 Å². The van der Waals surface area contributed by atoms with Crippen LogP contribution in [0.3, 0.4) is 0 Å². The molecular weight excluding hydrogens is 314 g/mol. The van der Waals surface area contributed by atoms with E-state index in [9.17, 15) is 0 Å². The van der Waals surface area contributed by atoms with Crippen LogP contribution >= 0.6 is 15.9 Å². The van der Waals surface area contributed by atoms with Crippen molar-refractivity contribution in [3.05, 3.63) is 58.1 Å². The molecule has 2 rings (SSSR count). The molecule has 0 fully saturated rings. The molecule has 3 heteroatoms. The van der Waals surface area contributed by atoms with Gasteiger partial charge in [0.05, 0.1) is 0 Å². The van der Waals surface area contributed by atoms with Gasteiger partial charge in [-0.15, -0.1) is 0 Å². The van der Waals surface area contributed by atoms with Crippen molar-refractivity contribution in [1.82, 2.24) is 0 Å². The first-order valence-corrected chi connectivity index (χ1v) is 7.65. The number of ether oxygens (including phenoxy) is 1. The van der Waals surface area contributed by atoms with Crippen molar-refractivity contribution >= 4 is 15.9 Å². The van der Waals surface area contributed by atoms with Gasteiger partial charge in [0.25, 0.3) is 0 Å². The molecule has 0 aliphatic heterocycles. The van der Waals surface area contributed by atoms with E-state index in [2.05, 4.69) is 48.0 Å². The summed E-state index contributed by atoms with van der Waals surface area (Å²) in [6.45, 7) is 4.98. The summed E-state index contributed by atoms with van der Waals surface area (Å²) in [7, 11) is 0. The van der Waals surface area contributed by atoms with E-state index in [0.717, 1.165) is 28.0 Å². The van der Waals surface area contributed by atoms with Crippen LogP contribution in [-0.4, -0.2) is 6.54 Å². The van der Waals surface area contributed by atoms with Crippen LogP contribution in [0.4, 0.5) is 0 Å². The third-order valence-corrected chi connectivity index (χ3v) is 3.70. The van der Waals surface area contributed by atoms with Gasteiger partial charge in [-0.25, -0.2) is 0 Å². The minimum Gasteiger partial charge on any atom is -0.457 e. The van der Waals surface area contributed by atoms with Crippen molar-refractivity contribution in [2.75, 3.05) is 6.54 Å². The van der Waals surface area contributed by atoms with Crippen molar-refractivity contribution in [3.63, 3.8) is 0 Å². The molecule has 2 nitrogen and oxygen atoms in total. The molecule has 106 valence electrons. The fourth-order valence-electron chi connectivity index (χ4n) is 2.05. The van der Waals surface area contributed by atoms with Crippen LogP contribution in [0.1, 0.15) is 30.9 Å². The van der Waals surface area contributed by atoms with Crippen molar-refractivity contribution in [2.24, 2.45) is 5.73 Å². The Labute approximate surface area is 129 Å². The zero-order chi connectivity index (χ0) is 14.5. The van der Waals surface area contributed by atoms with Crippen LogP contribution in [0, 0.1) is 0 Å². The monoisotopic (exact) mass is 333 g/mol. The minimum absolute atomic E-state index is 0.532. The van der Waals surface area contributed by atoms with Gasteiger partial charge in [0.15, 0.2) is 0 Å². The van der Waals surface area contributed by atoms with Gasteiger partial charge in [0, 0.05) is 4.47 Å². The second kappa shape index (κ2) is 6.91. The Morgan fingerprint density at radius 3 is 2.40 bits per heavy atom. The highest BCUT2D eigenvalue weighted by Crippen LogP contribution is 2.29. The SMILES string of the molecule is CC(C)c1ccc(Oc2ccc(Br)cc2CCN)cc1. The maximum absolute atomic E-state index is 5.98. The number of hydrogen-bond donors (Lipinski definition) is 1. The van der Waals surface area contributed by atoms with Gasteiger partial charge < -0.3 is 10.5 Å². The molecule has 0 heterocycles. The molecule has 2 aromatic carbocycles. The van der Waals surface area contributed by atoms with E-state index < -0.39 is 0 Å². The molecule has 0 amide bonds. The maximum Gasteiger partial charge on any atom is 0.130 e. The summed E-state index contributed by atoms with van der Waals surface area (Å²) in [5, 5.41) is 0. The number of benzene rings is 2. The largest absolute Gasteiger partial charge is 0.457 e. The van der Waals surface area contributed by atoms with Gasteiger partial charge in [-0.3, -0.25) is 0 Å². The summed E-state index contributed by atoms with van der Waals surface area (Å²) >= 11 is 3.48. The van der Waals surface area contributed by atoms with E-state index >= 15 is 0 Å². The lowest BCUT2D eigenvalue weighted by atomic mass is 10.0. The molecule has 0 aliphatic carbocycles. The molecule has 2 aromatic rings. The highest BCUT2D eigenvalue weighted by Gasteiger charge is 2.06. The smallest absolute Gasteiger partial charge is 0.130 e. The summed E-state index contributed by atoms with van der Waals surface area (Å²) < 4.78 is 7.02. The third-order valence-electron chi connectivity index (χ3n) is 3.21. The Hall–Kier alpha value is -1.32. The second-order valence-corrected chi connectivity index (χ2v) is 6.03. The molecule has 0 spiro atoms. The predicted octanol–water partition coefficient (Wildman–Crippen LogP) is 4.87. The molecule has 0 atom stereocenters. The van der Waals surface area contributed by atoms with E-state index in [0.29, 0.717) is 12.5 Å². The third kappa shape index (κ3) is 3.84. The molecule has 0 saturated carbocycles. The maximum atomic E-state index is 5.98. The Kier molecular flexibility index (Phi) is 5.21. The molecule has 20 heavy (non-hydrogen) atoms. The lowest BCUT2D eigenvalue weighted by molar-refractivity contribution is 0.476. The fraction of sp³-hybridized carbons (Fsp3) is 0.294. The summed E-state index contributed by atoms with van der Waals surface area (Å²) in [4.78, 5) is 0. The highest BCUT2D eigenvalue weighted by molar-refractivity contribution is 9.10. The summed E-state index contributed by atoms with van der Waals surface area (Å²) in [6, 6.07) is 14.3. The molecule has 0 aromatic heterocycles. The molecular formula is C17H20BrNO. The van der Waals surface area contributed by atoms with E-state index in [4.69, 9.17) is 10.5 Å². The van der Waals surface area contributed by atoms with E-state index in [1.54, 1.807) is 0 Å². The van der Waals surface area contributed by atoms with E-state index in [1.165, 1.54) is 5.56 Å². The van der Waals surface area contributed by atoms with Crippen molar-refractivity contribution in [2.45, 2.75) is 26.2 Å². The first-order chi connectivity index (χ1) is 9.60. The Morgan fingerprint density at radius 1 is 1.10 bits per heavy atom. The minimum atomic E-state index is 0.532. The lowest BCUT2D eigenvalue weighted by Crippen LogP contribution is -2.04. The van der Waals surface area contributed by atoms with Crippen LogP contribution in [0.25, 0.3) is 0 Å².